The lowest BCUT2D eigenvalue weighted by Crippen LogP contribution is -2.58. The molecule has 0 saturated carbocycles. The number of nitrogens with zero attached hydrogens (tertiary/aromatic N) is 2. The molecule has 0 fully saturated rings. The second-order valence-corrected chi connectivity index (χ2v) is 7.90. The number of fused-ring (bicyclic) bond motifs is 2. The van der Waals surface area contributed by atoms with Crippen LogP contribution in [0.3, 0.4) is 0 Å². The molecule has 6 heteroatoms. The Balaban J connectivity index is 1.69. The smallest absolute Gasteiger partial charge is 0.261 e. The van der Waals surface area contributed by atoms with E-state index < -0.39 is 29.2 Å². The Bertz CT molecular complexity index is 1310. The first-order chi connectivity index (χ1) is 15.5. The summed E-state index contributed by atoms with van der Waals surface area (Å²) in [5.74, 6) is -1.27. The highest BCUT2D eigenvalue weighted by molar-refractivity contribution is 6.22. The lowest BCUT2D eigenvalue weighted by molar-refractivity contribution is 0.0576. The van der Waals surface area contributed by atoms with E-state index in [2.05, 4.69) is 11.4 Å². The highest BCUT2D eigenvalue weighted by Gasteiger charge is 2.51. The van der Waals surface area contributed by atoms with E-state index in [9.17, 15) is 19.2 Å². The minimum Gasteiger partial charge on any atom is -0.362 e. The SMILES string of the molecule is CC(N1C(=O)c2ccccc2C1=O)C1(C#N)Nc2ccc(F)cc2C=C1c1ccccc1. The number of amides is 2. The highest BCUT2D eigenvalue weighted by atomic mass is 19.1. The van der Waals surface area contributed by atoms with E-state index in [-0.39, 0.29) is 0 Å². The number of benzene rings is 3. The Morgan fingerprint density at radius 3 is 2.22 bits per heavy atom. The third-order valence-electron chi connectivity index (χ3n) is 6.17. The molecule has 2 heterocycles. The minimum absolute atomic E-state index is 0.320. The number of halogens is 1. The minimum atomic E-state index is -1.44. The molecule has 2 atom stereocenters. The Labute approximate surface area is 184 Å². The third-order valence-corrected chi connectivity index (χ3v) is 6.17. The first-order valence-corrected chi connectivity index (χ1v) is 10.2. The highest BCUT2D eigenvalue weighted by Crippen LogP contribution is 2.43. The van der Waals surface area contributed by atoms with Crippen molar-refractivity contribution in [3.63, 3.8) is 0 Å². The molecule has 0 spiro atoms. The molecule has 3 aromatic carbocycles. The van der Waals surface area contributed by atoms with Gasteiger partial charge in [-0.05, 0) is 48.9 Å². The molecule has 2 aliphatic rings. The summed E-state index contributed by atoms with van der Waals surface area (Å²) >= 11 is 0. The number of nitriles is 1. The molecule has 0 bridgehead atoms. The largest absolute Gasteiger partial charge is 0.362 e. The van der Waals surface area contributed by atoms with Crippen LogP contribution in [0.25, 0.3) is 11.6 Å². The van der Waals surface area contributed by atoms with E-state index in [1.807, 2.05) is 30.3 Å². The standard InChI is InChI=1S/C26H18FN3O2/c1-16(30-24(31)20-9-5-6-10-21(20)25(30)32)26(15-28)22(17-7-3-2-4-8-17)14-18-13-19(27)11-12-23(18)29-26/h2-14,16,29H,1H3. The van der Waals surface area contributed by atoms with Gasteiger partial charge in [0.15, 0.2) is 5.54 Å². The summed E-state index contributed by atoms with van der Waals surface area (Å²) in [6.45, 7) is 1.68. The van der Waals surface area contributed by atoms with Crippen molar-refractivity contribution in [3.8, 4) is 6.07 Å². The first kappa shape index (κ1) is 19.7. The van der Waals surface area contributed by atoms with Crippen LogP contribution in [0.5, 0.6) is 0 Å². The molecule has 3 aromatic rings. The summed E-state index contributed by atoms with van der Waals surface area (Å²) in [5, 5.41) is 13.7. The molecule has 1 N–H and O–H groups in total. The summed E-state index contributed by atoms with van der Waals surface area (Å²) in [6, 6.07) is 21.6. The van der Waals surface area contributed by atoms with Crippen LogP contribution in [-0.2, 0) is 0 Å². The fourth-order valence-corrected chi connectivity index (χ4v) is 4.51. The van der Waals surface area contributed by atoms with Crippen molar-refractivity contribution in [2.45, 2.75) is 18.5 Å². The van der Waals surface area contributed by atoms with E-state index in [4.69, 9.17) is 0 Å². The van der Waals surface area contributed by atoms with Gasteiger partial charge >= 0.3 is 0 Å². The van der Waals surface area contributed by atoms with E-state index in [0.29, 0.717) is 28.0 Å². The van der Waals surface area contributed by atoms with Crippen LogP contribution in [-0.4, -0.2) is 28.3 Å². The second-order valence-electron chi connectivity index (χ2n) is 7.90. The molecule has 5 rings (SSSR count). The van der Waals surface area contributed by atoms with Crippen molar-refractivity contribution < 1.29 is 14.0 Å². The number of hydrogen-bond donors (Lipinski definition) is 1. The number of imide groups is 1. The topological polar surface area (TPSA) is 73.2 Å². The van der Waals surface area contributed by atoms with Gasteiger partial charge in [-0.15, -0.1) is 0 Å². The summed E-state index contributed by atoms with van der Waals surface area (Å²) in [6.07, 6.45) is 1.75. The van der Waals surface area contributed by atoms with Crippen LogP contribution < -0.4 is 5.32 Å². The lowest BCUT2D eigenvalue weighted by Gasteiger charge is -2.42. The van der Waals surface area contributed by atoms with Crippen molar-refractivity contribution in [1.29, 1.82) is 5.26 Å². The third kappa shape index (κ3) is 2.75. The number of carbonyl (C=O) groups excluding carboxylic acids is 2. The molecular formula is C26H18FN3O2. The first-order valence-electron chi connectivity index (χ1n) is 10.2. The maximum absolute atomic E-state index is 13.9. The molecule has 156 valence electrons. The summed E-state index contributed by atoms with van der Waals surface area (Å²) in [7, 11) is 0. The fraction of sp³-hybridized carbons (Fsp3) is 0.115. The summed E-state index contributed by atoms with van der Waals surface area (Å²) in [4.78, 5) is 27.5. The predicted octanol–water partition coefficient (Wildman–Crippen LogP) is 4.74. The molecule has 0 radical (unpaired) electrons. The molecule has 2 amide bonds. The summed E-state index contributed by atoms with van der Waals surface area (Å²) in [5.41, 5.74) is 1.63. The summed E-state index contributed by atoms with van der Waals surface area (Å²) < 4.78 is 13.9. The predicted molar refractivity (Wildman–Crippen MR) is 119 cm³/mol. The fourth-order valence-electron chi connectivity index (χ4n) is 4.51. The normalized spacial score (nSPS) is 20.0. The van der Waals surface area contributed by atoms with Crippen molar-refractivity contribution in [1.82, 2.24) is 4.90 Å². The monoisotopic (exact) mass is 423 g/mol. The molecule has 2 aliphatic heterocycles. The van der Waals surface area contributed by atoms with Crippen LogP contribution in [0.2, 0.25) is 0 Å². The zero-order valence-electron chi connectivity index (χ0n) is 17.2. The maximum Gasteiger partial charge on any atom is 0.261 e. The average molecular weight is 423 g/mol. The lowest BCUT2D eigenvalue weighted by atomic mass is 9.76. The van der Waals surface area contributed by atoms with Crippen LogP contribution in [0, 0.1) is 17.1 Å². The van der Waals surface area contributed by atoms with Crippen molar-refractivity contribution in [2.75, 3.05) is 5.32 Å². The van der Waals surface area contributed by atoms with Gasteiger partial charge in [-0.25, -0.2) is 4.39 Å². The number of anilines is 1. The van der Waals surface area contributed by atoms with E-state index in [1.165, 1.54) is 12.1 Å². The van der Waals surface area contributed by atoms with Gasteiger partial charge in [-0.2, -0.15) is 5.26 Å². The van der Waals surface area contributed by atoms with Gasteiger partial charge in [0.05, 0.1) is 23.2 Å². The molecule has 0 aliphatic carbocycles. The molecule has 0 saturated heterocycles. The Morgan fingerprint density at radius 1 is 0.969 bits per heavy atom. The number of nitrogens with one attached hydrogen (secondary N) is 1. The molecular weight excluding hydrogens is 405 g/mol. The van der Waals surface area contributed by atoms with Crippen molar-refractivity contribution in [3.05, 3.63) is 101 Å². The van der Waals surface area contributed by atoms with Crippen molar-refractivity contribution >= 4 is 29.2 Å². The quantitative estimate of drug-likeness (QED) is 0.618. The Morgan fingerprint density at radius 2 is 1.59 bits per heavy atom. The zero-order valence-corrected chi connectivity index (χ0v) is 17.2. The molecule has 32 heavy (non-hydrogen) atoms. The molecule has 2 unspecified atom stereocenters. The van der Waals surface area contributed by atoms with Crippen LogP contribution in [0.15, 0.2) is 72.8 Å². The molecule has 0 aromatic heterocycles. The van der Waals surface area contributed by atoms with Crippen LogP contribution in [0.4, 0.5) is 10.1 Å². The Hall–Kier alpha value is -4.24. The van der Waals surface area contributed by atoms with Gasteiger partial charge in [-0.1, -0.05) is 42.5 Å². The van der Waals surface area contributed by atoms with Gasteiger partial charge in [0.25, 0.3) is 11.8 Å². The number of hydrogen-bond acceptors (Lipinski definition) is 4. The number of carbonyl (C=O) groups is 2. The van der Waals surface area contributed by atoms with Gasteiger partial charge in [0.1, 0.15) is 5.82 Å². The van der Waals surface area contributed by atoms with E-state index >= 15 is 0 Å². The van der Waals surface area contributed by atoms with Gasteiger partial charge in [-0.3, -0.25) is 14.5 Å². The van der Waals surface area contributed by atoms with Crippen molar-refractivity contribution in [2.24, 2.45) is 0 Å². The van der Waals surface area contributed by atoms with Gasteiger partial charge in [0.2, 0.25) is 0 Å². The van der Waals surface area contributed by atoms with Gasteiger partial charge in [0, 0.05) is 16.8 Å². The van der Waals surface area contributed by atoms with Gasteiger partial charge < -0.3 is 5.32 Å². The van der Waals surface area contributed by atoms with Crippen LogP contribution >= 0.6 is 0 Å². The van der Waals surface area contributed by atoms with E-state index in [1.54, 1.807) is 43.3 Å². The second kappa shape index (κ2) is 7.17. The molecule has 5 nitrogen and oxygen atoms in total. The Kier molecular flexibility index (Phi) is 4.42. The van der Waals surface area contributed by atoms with Crippen LogP contribution in [0.1, 0.15) is 38.8 Å². The average Bonchev–Trinajstić information content (AvgIpc) is 3.08. The zero-order chi connectivity index (χ0) is 22.5. The number of rotatable bonds is 3. The van der Waals surface area contributed by atoms with E-state index in [0.717, 1.165) is 10.5 Å². The maximum atomic E-state index is 13.9.